The topological polar surface area (TPSA) is 20.2 Å². The smallest absolute Gasteiger partial charge is 0.129 e. The van der Waals surface area contributed by atoms with E-state index in [1.807, 2.05) is 31.2 Å². The van der Waals surface area contributed by atoms with E-state index >= 15 is 0 Å². The highest BCUT2D eigenvalue weighted by atomic mass is 19.1. The monoisotopic (exact) mass is 258 g/mol. The van der Waals surface area contributed by atoms with Crippen molar-refractivity contribution in [2.24, 2.45) is 0 Å². The van der Waals surface area contributed by atoms with Crippen LogP contribution in [0.2, 0.25) is 0 Å². The zero-order valence-electron chi connectivity index (χ0n) is 11.6. The Kier molecular flexibility index (Phi) is 4.01. The molecule has 0 fully saturated rings. The molecule has 0 aliphatic heterocycles. The Morgan fingerprint density at radius 2 is 1.53 bits per heavy atom. The molecule has 1 atom stereocenters. The molecule has 1 N–H and O–H groups in total. The lowest BCUT2D eigenvalue weighted by molar-refractivity contribution is 0.178. The minimum atomic E-state index is -0.597. The summed E-state index contributed by atoms with van der Waals surface area (Å²) in [5.74, 6) is -0.189. The van der Waals surface area contributed by atoms with Crippen LogP contribution in [0.25, 0.3) is 0 Å². The zero-order valence-corrected chi connectivity index (χ0v) is 11.6. The summed E-state index contributed by atoms with van der Waals surface area (Å²) in [6.07, 6.45) is -0.0501. The standard InChI is InChI=1S/C17H19FO/c1-11-4-6-14(7-5-11)10-16(19)15-8-12(2)17(18)13(3)9-15/h4-9,16,19H,10H2,1-3H3. The van der Waals surface area contributed by atoms with Crippen LogP contribution < -0.4 is 0 Å². The molecule has 0 radical (unpaired) electrons. The first-order valence-corrected chi connectivity index (χ1v) is 6.47. The molecule has 2 rings (SSSR count). The van der Waals surface area contributed by atoms with Gasteiger partial charge in [-0.1, -0.05) is 42.0 Å². The van der Waals surface area contributed by atoms with Crippen molar-refractivity contribution in [1.29, 1.82) is 0 Å². The number of benzene rings is 2. The molecule has 0 saturated heterocycles. The summed E-state index contributed by atoms with van der Waals surface area (Å²) in [7, 11) is 0. The van der Waals surface area contributed by atoms with Crippen LogP contribution in [0.15, 0.2) is 36.4 Å². The maximum absolute atomic E-state index is 13.6. The zero-order chi connectivity index (χ0) is 14.0. The molecule has 100 valence electrons. The number of hydrogen-bond donors (Lipinski definition) is 1. The van der Waals surface area contributed by atoms with Gasteiger partial charge in [-0.15, -0.1) is 0 Å². The molecule has 0 aliphatic carbocycles. The Hall–Kier alpha value is -1.67. The van der Waals surface area contributed by atoms with Crippen molar-refractivity contribution in [2.45, 2.75) is 33.3 Å². The normalized spacial score (nSPS) is 12.5. The summed E-state index contributed by atoms with van der Waals surface area (Å²) >= 11 is 0. The van der Waals surface area contributed by atoms with Crippen molar-refractivity contribution in [2.75, 3.05) is 0 Å². The van der Waals surface area contributed by atoms with Crippen LogP contribution in [0.4, 0.5) is 4.39 Å². The Labute approximate surface area is 113 Å². The lowest BCUT2D eigenvalue weighted by Crippen LogP contribution is -2.04. The van der Waals surface area contributed by atoms with Crippen molar-refractivity contribution < 1.29 is 9.50 Å². The summed E-state index contributed by atoms with van der Waals surface area (Å²) in [4.78, 5) is 0. The molecule has 2 aromatic carbocycles. The number of hydrogen-bond acceptors (Lipinski definition) is 1. The van der Waals surface area contributed by atoms with E-state index in [1.54, 1.807) is 26.0 Å². The predicted molar refractivity (Wildman–Crippen MR) is 75.7 cm³/mol. The van der Waals surface area contributed by atoms with Gasteiger partial charge in [0.1, 0.15) is 5.82 Å². The largest absolute Gasteiger partial charge is 0.388 e. The molecule has 19 heavy (non-hydrogen) atoms. The molecule has 0 spiro atoms. The number of rotatable bonds is 3. The van der Waals surface area contributed by atoms with E-state index in [0.717, 1.165) is 11.1 Å². The van der Waals surface area contributed by atoms with Gasteiger partial charge in [0, 0.05) is 6.42 Å². The van der Waals surface area contributed by atoms with Gasteiger partial charge in [-0.3, -0.25) is 0 Å². The van der Waals surface area contributed by atoms with Gasteiger partial charge >= 0.3 is 0 Å². The first-order chi connectivity index (χ1) is 8.97. The van der Waals surface area contributed by atoms with Crippen LogP contribution in [0.5, 0.6) is 0 Å². The second kappa shape index (κ2) is 5.54. The minimum absolute atomic E-state index is 0.189. The summed E-state index contributed by atoms with van der Waals surface area (Å²) in [5, 5.41) is 10.3. The van der Waals surface area contributed by atoms with Crippen molar-refractivity contribution in [1.82, 2.24) is 0 Å². The van der Waals surface area contributed by atoms with Gasteiger partial charge in [0.25, 0.3) is 0 Å². The Bertz CT molecular complexity index is 549. The summed E-state index contributed by atoms with van der Waals surface area (Å²) in [6.45, 7) is 5.49. The molecule has 2 heteroatoms. The van der Waals surface area contributed by atoms with Gasteiger partial charge in [0.15, 0.2) is 0 Å². The molecule has 1 nitrogen and oxygen atoms in total. The van der Waals surface area contributed by atoms with Crippen LogP contribution in [-0.4, -0.2) is 5.11 Å². The Balaban J connectivity index is 2.20. The van der Waals surface area contributed by atoms with Gasteiger partial charge in [0.2, 0.25) is 0 Å². The highest BCUT2D eigenvalue weighted by molar-refractivity contribution is 5.33. The molecule has 1 unspecified atom stereocenters. The van der Waals surface area contributed by atoms with Gasteiger partial charge in [-0.2, -0.15) is 0 Å². The van der Waals surface area contributed by atoms with Gasteiger partial charge in [-0.25, -0.2) is 4.39 Å². The van der Waals surface area contributed by atoms with E-state index < -0.39 is 6.10 Å². The SMILES string of the molecule is Cc1ccc(CC(O)c2cc(C)c(F)c(C)c2)cc1. The number of aliphatic hydroxyl groups excluding tert-OH is 1. The molecular formula is C17H19FO. The lowest BCUT2D eigenvalue weighted by atomic mass is 9.97. The summed E-state index contributed by atoms with van der Waals surface area (Å²) in [5.41, 5.74) is 4.22. The van der Waals surface area contributed by atoms with E-state index in [1.165, 1.54) is 5.56 Å². The third-order valence-corrected chi connectivity index (χ3v) is 3.39. The van der Waals surface area contributed by atoms with Gasteiger partial charge < -0.3 is 5.11 Å². The van der Waals surface area contributed by atoms with Crippen molar-refractivity contribution in [3.05, 3.63) is 70.0 Å². The fourth-order valence-corrected chi connectivity index (χ4v) is 2.24. The second-order valence-electron chi connectivity index (χ2n) is 5.17. The molecule has 0 aromatic heterocycles. The van der Waals surface area contributed by atoms with E-state index in [0.29, 0.717) is 17.5 Å². The number of halogens is 1. The van der Waals surface area contributed by atoms with Gasteiger partial charge in [-0.05, 0) is 43.0 Å². The lowest BCUT2D eigenvalue weighted by Gasteiger charge is -2.14. The fraction of sp³-hybridized carbons (Fsp3) is 0.294. The molecule has 0 bridgehead atoms. The van der Waals surface area contributed by atoms with Crippen molar-refractivity contribution >= 4 is 0 Å². The quantitative estimate of drug-likeness (QED) is 0.881. The first-order valence-electron chi connectivity index (χ1n) is 6.47. The van der Waals surface area contributed by atoms with E-state index in [2.05, 4.69) is 0 Å². The van der Waals surface area contributed by atoms with E-state index in [4.69, 9.17) is 0 Å². The third-order valence-electron chi connectivity index (χ3n) is 3.39. The highest BCUT2D eigenvalue weighted by Gasteiger charge is 2.12. The van der Waals surface area contributed by atoms with Crippen LogP contribution in [0, 0.1) is 26.6 Å². The number of aryl methyl sites for hydroxylation is 3. The van der Waals surface area contributed by atoms with Crippen molar-refractivity contribution in [3.63, 3.8) is 0 Å². The third kappa shape index (κ3) is 3.21. The molecule has 0 saturated carbocycles. The second-order valence-corrected chi connectivity index (χ2v) is 5.17. The van der Waals surface area contributed by atoms with Crippen LogP contribution in [0.1, 0.15) is 33.9 Å². The fourth-order valence-electron chi connectivity index (χ4n) is 2.24. The summed E-state index contributed by atoms with van der Waals surface area (Å²) in [6, 6.07) is 11.5. The maximum Gasteiger partial charge on any atom is 0.129 e. The predicted octanol–water partition coefficient (Wildman–Crippen LogP) is 4.03. The highest BCUT2D eigenvalue weighted by Crippen LogP contribution is 2.23. The van der Waals surface area contributed by atoms with Crippen molar-refractivity contribution in [3.8, 4) is 0 Å². The number of aliphatic hydroxyl groups is 1. The molecule has 2 aromatic rings. The molecule has 0 amide bonds. The molecule has 0 heterocycles. The van der Waals surface area contributed by atoms with Crippen LogP contribution in [-0.2, 0) is 6.42 Å². The average molecular weight is 258 g/mol. The van der Waals surface area contributed by atoms with Crippen LogP contribution >= 0.6 is 0 Å². The first kappa shape index (κ1) is 13.8. The molecule has 0 aliphatic rings. The average Bonchev–Trinajstić information content (AvgIpc) is 2.38. The van der Waals surface area contributed by atoms with E-state index in [-0.39, 0.29) is 5.82 Å². The molecular weight excluding hydrogens is 239 g/mol. The Morgan fingerprint density at radius 1 is 1.00 bits per heavy atom. The van der Waals surface area contributed by atoms with Gasteiger partial charge in [0.05, 0.1) is 6.10 Å². The minimum Gasteiger partial charge on any atom is -0.388 e. The summed E-state index contributed by atoms with van der Waals surface area (Å²) < 4.78 is 13.6. The van der Waals surface area contributed by atoms with Crippen LogP contribution in [0.3, 0.4) is 0 Å². The van der Waals surface area contributed by atoms with E-state index in [9.17, 15) is 9.50 Å². The Morgan fingerprint density at radius 3 is 2.05 bits per heavy atom. The maximum atomic E-state index is 13.6.